The van der Waals surface area contributed by atoms with Gasteiger partial charge in [0.1, 0.15) is 11.5 Å². The van der Waals surface area contributed by atoms with Crippen LogP contribution in [0.2, 0.25) is 0 Å². The molecule has 3 aromatic carbocycles. The van der Waals surface area contributed by atoms with Gasteiger partial charge in [-0.1, -0.05) is 49.4 Å². The van der Waals surface area contributed by atoms with Crippen molar-refractivity contribution in [2.45, 2.75) is 26.4 Å². The molecule has 0 saturated heterocycles. The lowest BCUT2D eigenvalue weighted by Gasteiger charge is -2.15. The Bertz CT molecular complexity index is 812. The van der Waals surface area contributed by atoms with Gasteiger partial charge in [-0.3, -0.25) is 0 Å². The van der Waals surface area contributed by atoms with Crippen LogP contribution in [0.1, 0.15) is 24.5 Å². The number of ether oxygens (including phenoxy) is 2. The summed E-state index contributed by atoms with van der Waals surface area (Å²) in [6.45, 7) is 4.44. The smallest absolute Gasteiger partial charge is 0.124 e. The number of hydrogen-bond acceptors (Lipinski definition) is 3. The van der Waals surface area contributed by atoms with E-state index in [0.717, 1.165) is 37.6 Å². The molecule has 130 valence electrons. The van der Waals surface area contributed by atoms with E-state index < -0.39 is 0 Å². The van der Waals surface area contributed by atoms with Gasteiger partial charge >= 0.3 is 0 Å². The summed E-state index contributed by atoms with van der Waals surface area (Å²) >= 11 is 0. The fourth-order valence-corrected chi connectivity index (χ4v) is 2.92. The Morgan fingerprint density at radius 2 is 1.68 bits per heavy atom. The first-order chi connectivity index (χ1) is 12.3. The molecule has 0 radical (unpaired) electrons. The molecule has 0 saturated carbocycles. The molecule has 0 bridgehead atoms. The van der Waals surface area contributed by atoms with Crippen molar-refractivity contribution in [3.05, 3.63) is 71.8 Å². The molecule has 1 N–H and O–H groups in total. The number of hydrogen-bond donors (Lipinski definition) is 1. The third kappa shape index (κ3) is 4.31. The summed E-state index contributed by atoms with van der Waals surface area (Å²) in [5, 5.41) is 6.04. The molecule has 0 spiro atoms. The molecule has 3 nitrogen and oxygen atoms in total. The van der Waals surface area contributed by atoms with E-state index in [1.54, 1.807) is 7.11 Å². The zero-order chi connectivity index (χ0) is 17.5. The lowest BCUT2D eigenvalue weighted by molar-refractivity contribution is 0.314. The predicted molar refractivity (Wildman–Crippen MR) is 103 cm³/mol. The molecule has 0 unspecified atom stereocenters. The molecule has 0 atom stereocenters. The van der Waals surface area contributed by atoms with Crippen LogP contribution in [-0.2, 0) is 13.1 Å². The molecule has 25 heavy (non-hydrogen) atoms. The maximum absolute atomic E-state index is 5.97. The Balaban J connectivity index is 1.76. The van der Waals surface area contributed by atoms with Gasteiger partial charge in [0.15, 0.2) is 0 Å². The summed E-state index contributed by atoms with van der Waals surface area (Å²) < 4.78 is 11.2. The molecule has 0 aromatic heterocycles. The van der Waals surface area contributed by atoms with Crippen LogP contribution in [0.4, 0.5) is 0 Å². The SMILES string of the molecule is CCCOc1ccc2ccccc2c1CNCc1ccc(OC)cc1. The third-order valence-electron chi connectivity index (χ3n) is 4.25. The summed E-state index contributed by atoms with van der Waals surface area (Å²) in [4.78, 5) is 0. The molecule has 0 heterocycles. The van der Waals surface area contributed by atoms with Crippen molar-refractivity contribution in [3.8, 4) is 11.5 Å². The molecule has 0 aliphatic rings. The lowest BCUT2D eigenvalue weighted by Crippen LogP contribution is -2.14. The van der Waals surface area contributed by atoms with Gasteiger partial charge in [-0.15, -0.1) is 0 Å². The minimum atomic E-state index is 0.740. The molecule has 3 aromatic rings. The highest BCUT2D eigenvalue weighted by molar-refractivity contribution is 5.87. The standard InChI is InChI=1S/C22H25NO2/c1-3-14-25-22-13-10-18-6-4-5-7-20(18)21(22)16-23-15-17-8-11-19(24-2)12-9-17/h4-13,23H,3,14-16H2,1-2H3. The van der Waals surface area contributed by atoms with E-state index in [-0.39, 0.29) is 0 Å². The maximum atomic E-state index is 5.97. The molecule has 0 aliphatic carbocycles. The quantitative estimate of drug-likeness (QED) is 0.633. The minimum Gasteiger partial charge on any atom is -0.497 e. The Hall–Kier alpha value is -2.52. The van der Waals surface area contributed by atoms with Crippen molar-refractivity contribution < 1.29 is 9.47 Å². The van der Waals surface area contributed by atoms with E-state index in [0.29, 0.717) is 0 Å². The second kappa shape index (κ2) is 8.54. The normalized spacial score (nSPS) is 10.8. The van der Waals surface area contributed by atoms with E-state index in [1.807, 2.05) is 12.1 Å². The summed E-state index contributed by atoms with van der Waals surface area (Å²) in [7, 11) is 1.69. The molecular weight excluding hydrogens is 310 g/mol. The zero-order valence-electron chi connectivity index (χ0n) is 14.9. The van der Waals surface area contributed by atoms with Crippen LogP contribution < -0.4 is 14.8 Å². The molecule has 3 rings (SSSR count). The van der Waals surface area contributed by atoms with Gasteiger partial charge in [0.25, 0.3) is 0 Å². The van der Waals surface area contributed by atoms with Crippen LogP contribution >= 0.6 is 0 Å². The van der Waals surface area contributed by atoms with Crippen LogP contribution in [0.25, 0.3) is 10.8 Å². The number of benzene rings is 3. The van der Waals surface area contributed by atoms with Gasteiger partial charge in [0, 0.05) is 18.7 Å². The monoisotopic (exact) mass is 335 g/mol. The van der Waals surface area contributed by atoms with Crippen LogP contribution in [0, 0.1) is 0 Å². The lowest BCUT2D eigenvalue weighted by atomic mass is 10.0. The van der Waals surface area contributed by atoms with Gasteiger partial charge in [-0.25, -0.2) is 0 Å². The number of rotatable bonds is 8. The Morgan fingerprint density at radius 3 is 2.44 bits per heavy atom. The predicted octanol–water partition coefficient (Wildman–Crippen LogP) is 4.93. The van der Waals surface area contributed by atoms with Crippen molar-refractivity contribution in [1.29, 1.82) is 0 Å². The Labute approximate surface area is 149 Å². The first kappa shape index (κ1) is 17.3. The highest BCUT2D eigenvalue weighted by Gasteiger charge is 2.08. The first-order valence-electron chi connectivity index (χ1n) is 8.79. The molecule has 3 heteroatoms. The average Bonchev–Trinajstić information content (AvgIpc) is 2.67. The highest BCUT2D eigenvalue weighted by Crippen LogP contribution is 2.28. The molecule has 0 amide bonds. The van der Waals surface area contributed by atoms with Crippen LogP contribution in [0.15, 0.2) is 60.7 Å². The third-order valence-corrected chi connectivity index (χ3v) is 4.25. The Morgan fingerprint density at radius 1 is 0.880 bits per heavy atom. The van der Waals surface area contributed by atoms with E-state index in [4.69, 9.17) is 9.47 Å². The minimum absolute atomic E-state index is 0.740. The Kier molecular flexibility index (Phi) is 5.91. The van der Waals surface area contributed by atoms with Crippen molar-refractivity contribution >= 4 is 10.8 Å². The fraction of sp³-hybridized carbons (Fsp3) is 0.273. The van der Waals surface area contributed by atoms with Gasteiger partial charge in [-0.05, 0) is 41.0 Å². The largest absolute Gasteiger partial charge is 0.497 e. The van der Waals surface area contributed by atoms with E-state index in [1.165, 1.54) is 21.9 Å². The van der Waals surface area contributed by atoms with Crippen molar-refractivity contribution in [3.63, 3.8) is 0 Å². The zero-order valence-corrected chi connectivity index (χ0v) is 14.9. The van der Waals surface area contributed by atoms with Crippen molar-refractivity contribution in [1.82, 2.24) is 5.32 Å². The summed E-state index contributed by atoms with van der Waals surface area (Å²) in [5.74, 6) is 1.86. The van der Waals surface area contributed by atoms with Crippen LogP contribution in [-0.4, -0.2) is 13.7 Å². The molecular formula is C22H25NO2. The second-order valence-corrected chi connectivity index (χ2v) is 6.06. The van der Waals surface area contributed by atoms with E-state index >= 15 is 0 Å². The summed E-state index contributed by atoms with van der Waals surface area (Å²) in [5.41, 5.74) is 2.46. The van der Waals surface area contributed by atoms with Crippen molar-refractivity contribution in [2.75, 3.05) is 13.7 Å². The van der Waals surface area contributed by atoms with Gasteiger partial charge in [0.05, 0.1) is 13.7 Å². The summed E-state index contributed by atoms with van der Waals surface area (Å²) in [6.07, 6.45) is 1.01. The van der Waals surface area contributed by atoms with E-state index in [9.17, 15) is 0 Å². The number of methoxy groups -OCH3 is 1. The van der Waals surface area contributed by atoms with Crippen LogP contribution in [0.3, 0.4) is 0 Å². The van der Waals surface area contributed by atoms with Crippen molar-refractivity contribution in [2.24, 2.45) is 0 Å². The topological polar surface area (TPSA) is 30.5 Å². The second-order valence-electron chi connectivity index (χ2n) is 6.06. The van der Waals surface area contributed by atoms with Gasteiger partial charge in [0.2, 0.25) is 0 Å². The highest BCUT2D eigenvalue weighted by atomic mass is 16.5. The maximum Gasteiger partial charge on any atom is 0.124 e. The first-order valence-corrected chi connectivity index (χ1v) is 8.79. The molecule has 0 fully saturated rings. The van der Waals surface area contributed by atoms with Crippen LogP contribution in [0.5, 0.6) is 11.5 Å². The van der Waals surface area contributed by atoms with E-state index in [2.05, 4.69) is 60.8 Å². The number of fused-ring (bicyclic) bond motifs is 1. The molecule has 0 aliphatic heterocycles. The average molecular weight is 335 g/mol. The van der Waals surface area contributed by atoms with Gasteiger partial charge < -0.3 is 14.8 Å². The van der Waals surface area contributed by atoms with Gasteiger partial charge in [-0.2, -0.15) is 0 Å². The summed E-state index contributed by atoms with van der Waals surface area (Å²) in [6, 6.07) is 20.8. The number of nitrogens with one attached hydrogen (secondary N) is 1. The fourth-order valence-electron chi connectivity index (χ4n) is 2.92.